The van der Waals surface area contributed by atoms with Crippen LogP contribution < -0.4 is 4.74 Å². The Hall–Kier alpha value is -2.92. The monoisotopic (exact) mass is 407 g/mol. The number of aromatic nitrogens is 1. The fraction of sp³-hybridized carbons (Fsp3) is 0.261. The lowest BCUT2D eigenvalue weighted by Gasteiger charge is -2.22. The van der Waals surface area contributed by atoms with Crippen LogP contribution in [0.4, 0.5) is 0 Å². The first-order chi connectivity index (χ1) is 14.0. The summed E-state index contributed by atoms with van der Waals surface area (Å²) in [6, 6.07) is 15.5. The van der Waals surface area contributed by atoms with Crippen molar-refractivity contribution in [3.8, 4) is 5.75 Å². The molecule has 0 saturated carbocycles. The number of hydrogen-bond acceptors (Lipinski definition) is 4. The molecule has 1 aromatic heterocycles. The zero-order valence-electron chi connectivity index (χ0n) is 16.6. The summed E-state index contributed by atoms with van der Waals surface area (Å²) in [7, 11) is 1.63. The van der Waals surface area contributed by atoms with Gasteiger partial charge in [0.25, 0.3) is 0 Å². The molecule has 0 fully saturated rings. The normalized spacial score (nSPS) is 16.2. The second-order valence-electron chi connectivity index (χ2n) is 7.15. The summed E-state index contributed by atoms with van der Waals surface area (Å²) in [6.45, 7) is 3.88. The topological polar surface area (TPSA) is 54.8 Å². The SMILES string of the molecule is CCC(=O)N1N=C(c2ccc(C)cc2)C[C@H]1c1cc2cc(OC)ccc2nc1Cl. The first kappa shape index (κ1) is 19.4. The Kier molecular flexibility index (Phi) is 5.24. The zero-order valence-corrected chi connectivity index (χ0v) is 17.4. The predicted molar refractivity (Wildman–Crippen MR) is 116 cm³/mol. The number of benzene rings is 2. The van der Waals surface area contributed by atoms with Gasteiger partial charge in [0.05, 0.1) is 24.4 Å². The number of hydrazone groups is 1. The maximum absolute atomic E-state index is 12.6. The van der Waals surface area contributed by atoms with Gasteiger partial charge < -0.3 is 4.74 Å². The van der Waals surface area contributed by atoms with E-state index in [2.05, 4.69) is 10.1 Å². The van der Waals surface area contributed by atoms with Gasteiger partial charge in [0.2, 0.25) is 5.91 Å². The molecule has 0 bridgehead atoms. The third-order valence-corrected chi connectivity index (χ3v) is 5.52. The van der Waals surface area contributed by atoms with Gasteiger partial charge in [0, 0.05) is 23.8 Å². The number of fused-ring (bicyclic) bond motifs is 1. The van der Waals surface area contributed by atoms with Gasteiger partial charge in [-0.25, -0.2) is 9.99 Å². The standard InChI is InChI=1S/C23H22ClN3O2/c1-4-22(28)27-21(13-20(26-27)15-7-5-14(2)6-8-15)18-12-16-11-17(29-3)9-10-19(16)25-23(18)24/h5-12,21H,4,13H2,1-3H3/t21-/m0/s1. The van der Waals surface area contributed by atoms with Gasteiger partial charge in [0.15, 0.2) is 0 Å². The van der Waals surface area contributed by atoms with Crippen molar-refractivity contribution < 1.29 is 9.53 Å². The van der Waals surface area contributed by atoms with Crippen molar-refractivity contribution in [1.29, 1.82) is 0 Å². The maximum Gasteiger partial charge on any atom is 0.242 e. The third kappa shape index (κ3) is 3.70. The molecular weight excluding hydrogens is 386 g/mol. The number of hydrogen-bond donors (Lipinski definition) is 0. The average Bonchev–Trinajstić information content (AvgIpc) is 3.18. The number of ether oxygens (including phenoxy) is 1. The van der Waals surface area contributed by atoms with Crippen LogP contribution in [0.15, 0.2) is 53.6 Å². The van der Waals surface area contributed by atoms with Gasteiger partial charge in [-0.3, -0.25) is 4.79 Å². The lowest BCUT2D eigenvalue weighted by atomic mass is 9.98. The number of aryl methyl sites for hydroxylation is 1. The molecule has 1 amide bonds. The number of halogens is 1. The Balaban J connectivity index is 1.77. The molecule has 0 aliphatic carbocycles. The van der Waals surface area contributed by atoms with Crippen LogP contribution in [0.1, 0.15) is 42.5 Å². The number of pyridine rings is 1. The second kappa shape index (κ2) is 7.84. The summed E-state index contributed by atoms with van der Waals surface area (Å²) in [5, 5.41) is 7.52. The Bertz CT molecular complexity index is 1110. The van der Waals surface area contributed by atoms with E-state index in [9.17, 15) is 4.79 Å². The molecule has 0 spiro atoms. The van der Waals surface area contributed by atoms with Crippen molar-refractivity contribution >= 4 is 34.1 Å². The lowest BCUT2D eigenvalue weighted by molar-refractivity contribution is -0.132. The van der Waals surface area contributed by atoms with Crippen molar-refractivity contribution in [2.75, 3.05) is 7.11 Å². The molecular formula is C23H22ClN3O2. The Morgan fingerprint density at radius 3 is 2.66 bits per heavy atom. The molecule has 4 rings (SSSR count). The minimum Gasteiger partial charge on any atom is -0.497 e. The summed E-state index contributed by atoms with van der Waals surface area (Å²) in [4.78, 5) is 17.2. The summed E-state index contributed by atoms with van der Waals surface area (Å²) in [5.41, 5.74) is 4.64. The lowest BCUT2D eigenvalue weighted by Crippen LogP contribution is -2.26. The smallest absolute Gasteiger partial charge is 0.242 e. The van der Waals surface area contributed by atoms with Crippen molar-refractivity contribution in [2.24, 2.45) is 5.10 Å². The molecule has 0 N–H and O–H groups in total. The van der Waals surface area contributed by atoms with E-state index in [0.29, 0.717) is 18.0 Å². The van der Waals surface area contributed by atoms with Crippen molar-refractivity contribution in [1.82, 2.24) is 9.99 Å². The molecule has 0 radical (unpaired) electrons. The van der Waals surface area contributed by atoms with Crippen LogP contribution in [0.2, 0.25) is 5.15 Å². The minimum atomic E-state index is -0.283. The number of nitrogens with zero attached hydrogens (tertiary/aromatic N) is 3. The van der Waals surface area contributed by atoms with E-state index in [1.54, 1.807) is 12.1 Å². The highest BCUT2D eigenvalue weighted by atomic mass is 35.5. The molecule has 0 saturated heterocycles. The van der Waals surface area contributed by atoms with E-state index < -0.39 is 0 Å². The van der Waals surface area contributed by atoms with Crippen molar-refractivity contribution in [2.45, 2.75) is 32.7 Å². The second-order valence-corrected chi connectivity index (χ2v) is 7.51. The van der Waals surface area contributed by atoms with Crippen molar-refractivity contribution in [3.63, 3.8) is 0 Å². The summed E-state index contributed by atoms with van der Waals surface area (Å²) in [5.74, 6) is 0.705. The van der Waals surface area contributed by atoms with E-state index in [1.807, 2.05) is 62.4 Å². The van der Waals surface area contributed by atoms with E-state index in [0.717, 1.165) is 33.5 Å². The molecule has 1 aliphatic rings. The molecule has 1 atom stereocenters. The Morgan fingerprint density at radius 2 is 1.97 bits per heavy atom. The molecule has 0 unspecified atom stereocenters. The molecule has 3 aromatic rings. The van der Waals surface area contributed by atoms with Crippen LogP contribution >= 0.6 is 11.6 Å². The quantitative estimate of drug-likeness (QED) is 0.552. The van der Waals surface area contributed by atoms with Crippen LogP contribution in [0.5, 0.6) is 5.75 Å². The molecule has 148 valence electrons. The van der Waals surface area contributed by atoms with Gasteiger partial charge in [-0.2, -0.15) is 5.10 Å². The van der Waals surface area contributed by atoms with Crippen LogP contribution in [-0.4, -0.2) is 28.7 Å². The number of rotatable bonds is 4. The number of methoxy groups -OCH3 is 1. The summed E-state index contributed by atoms with van der Waals surface area (Å²) < 4.78 is 5.33. The Morgan fingerprint density at radius 1 is 1.21 bits per heavy atom. The highest BCUT2D eigenvalue weighted by molar-refractivity contribution is 6.30. The van der Waals surface area contributed by atoms with Crippen LogP contribution in [0.25, 0.3) is 10.9 Å². The first-order valence-electron chi connectivity index (χ1n) is 9.61. The third-order valence-electron chi connectivity index (χ3n) is 5.21. The minimum absolute atomic E-state index is 0.0427. The highest BCUT2D eigenvalue weighted by Crippen LogP contribution is 2.38. The van der Waals surface area contributed by atoms with Crippen LogP contribution in [-0.2, 0) is 4.79 Å². The summed E-state index contributed by atoms with van der Waals surface area (Å²) in [6.07, 6.45) is 0.958. The fourth-order valence-corrected chi connectivity index (χ4v) is 3.84. The largest absolute Gasteiger partial charge is 0.497 e. The molecule has 2 heterocycles. The highest BCUT2D eigenvalue weighted by Gasteiger charge is 2.34. The predicted octanol–water partition coefficient (Wildman–Crippen LogP) is 5.29. The van der Waals surface area contributed by atoms with E-state index >= 15 is 0 Å². The Labute approximate surface area is 175 Å². The molecule has 5 nitrogen and oxygen atoms in total. The van der Waals surface area contributed by atoms with Crippen LogP contribution in [0.3, 0.4) is 0 Å². The number of amides is 1. The summed E-state index contributed by atoms with van der Waals surface area (Å²) >= 11 is 6.55. The first-order valence-corrected chi connectivity index (χ1v) is 9.98. The number of carbonyl (C=O) groups excluding carboxylic acids is 1. The van der Waals surface area contributed by atoms with Gasteiger partial charge in [-0.1, -0.05) is 48.4 Å². The zero-order chi connectivity index (χ0) is 20.5. The number of carbonyl (C=O) groups is 1. The molecule has 29 heavy (non-hydrogen) atoms. The maximum atomic E-state index is 12.6. The van der Waals surface area contributed by atoms with E-state index in [-0.39, 0.29) is 11.9 Å². The van der Waals surface area contributed by atoms with Gasteiger partial charge in [-0.15, -0.1) is 0 Å². The fourth-order valence-electron chi connectivity index (χ4n) is 3.57. The van der Waals surface area contributed by atoms with Crippen molar-refractivity contribution in [3.05, 3.63) is 70.4 Å². The van der Waals surface area contributed by atoms with Gasteiger partial charge >= 0.3 is 0 Å². The molecule has 2 aromatic carbocycles. The molecule has 1 aliphatic heterocycles. The van der Waals surface area contributed by atoms with E-state index in [1.165, 1.54) is 5.56 Å². The van der Waals surface area contributed by atoms with Gasteiger partial charge in [0.1, 0.15) is 10.9 Å². The molecule has 6 heteroatoms. The van der Waals surface area contributed by atoms with Crippen LogP contribution in [0, 0.1) is 6.92 Å². The average molecular weight is 408 g/mol. The van der Waals surface area contributed by atoms with E-state index in [4.69, 9.17) is 16.3 Å². The van der Waals surface area contributed by atoms with Gasteiger partial charge in [-0.05, 0) is 36.8 Å².